The van der Waals surface area contributed by atoms with Crippen LogP contribution in [0.3, 0.4) is 0 Å². The van der Waals surface area contributed by atoms with E-state index in [0.29, 0.717) is 30.8 Å². The molecular formula is C22H22N4O3. The first-order valence-corrected chi connectivity index (χ1v) is 9.47. The summed E-state index contributed by atoms with van der Waals surface area (Å²) in [6.45, 7) is 0.760. The minimum absolute atomic E-state index is 0.190. The van der Waals surface area contributed by atoms with E-state index in [0.717, 1.165) is 22.7 Å². The van der Waals surface area contributed by atoms with Crippen LogP contribution in [-0.2, 0) is 19.4 Å². The summed E-state index contributed by atoms with van der Waals surface area (Å²) in [6, 6.07) is 16.7. The predicted molar refractivity (Wildman–Crippen MR) is 110 cm³/mol. The lowest BCUT2D eigenvalue weighted by Crippen LogP contribution is -2.42. The third kappa shape index (κ3) is 4.29. The Morgan fingerprint density at radius 2 is 2.03 bits per heavy atom. The van der Waals surface area contributed by atoms with Gasteiger partial charge in [0.25, 0.3) is 5.56 Å². The van der Waals surface area contributed by atoms with Crippen LogP contribution in [0, 0.1) is 0 Å². The number of hydrogen-bond donors (Lipinski definition) is 2. The Morgan fingerprint density at radius 1 is 1.21 bits per heavy atom. The van der Waals surface area contributed by atoms with Crippen molar-refractivity contribution in [3.63, 3.8) is 0 Å². The fourth-order valence-corrected chi connectivity index (χ4v) is 3.43. The van der Waals surface area contributed by atoms with E-state index in [9.17, 15) is 9.59 Å². The number of carbonyl (C=O) groups excluding carboxylic acids is 1. The second-order valence-electron chi connectivity index (χ2n) is 6.93. The molecule has 7 nitrogen and oxygen atoms in total. The van der Waals surface area contributed by atoms with E-state index in [2.05, 4.69) is 15.3 Å². The smallest absolute Gasteiger partial charge is 0.322 e. The highest BCUT2D eigenvalue weighted by Crippen LogP contribution is 2.18. The Kier molecular flexibility index (Phi) is 5.29. The van der Waals surface area contributed by atoms with Crippen LogP contribution in [0.25, 0.3) is 0 Å². The quantitative estimate of drug-likeness (QED) is 0.717. The number of carbonyl (C=O) groups is 1. The second-order valence-corrected chi connectivity index (χ2v) is 6.93. The fourth-order valence-electron chi connectivity index (χ4n) is 3.43. The highest BCUT2D eigenvalue weighted by atomic mass is 16.5. The van der Waals surface area contributed by atoms with Gasteiger partial charge < -0.3 is 19.9 Å². The third-order valence-corrected chi connectivity index (χ3v) is 4.94. The summed E-state index contributed by atoms with van der Waals surface area (Å²) in [6.07, 6.45) is 1.06. The average molecular weight is 390 g/mol. The van der Waals surface area contributed by atoms with Gasteiger partial charge in [-0.2, -0.15) is 0 Å². The molecule has 0 spiro atoms. The molecule has 0 saturated heterocycles. The molecule has 0 bridgehead atoms. The second kappa shape index (κ2) is 8.18. The molecule has 2 heterocycles. The van der Waals surface area contributed by atoms with Crippen LogP contribution in [0.15, 0.2) is 59.4 Å². The first-order chi connectivity index (χ1) is 14.1. The van der Waals surface area contributed by atoms with Crippen LogP contribution in [0.5, 0.6) is 5.75 Å². The van der Waals surface area contributed by atoms with Gasteiger partial charge in [0.1, 0.15) is 11.6 Å². The number of urea groups is 1. The Bertz CT molecular complexity index is 1080. The van der Waals surface area contributed by atoms with Gasteiger partial charge in [-0.3, -0.25) is 4.79 Å². The van der Waals surface area contributed by atoms with Gasteiger partial charge in [0.15, 0.2) is 0 Å². The zero-order chi connectivity index (χ0) is 20.2. The standard InChI is InChI=1S/C22H22N4O3/c1-29-17-9-5-6-15(12-17)13-20-24-19-10-11-26(14-18(19)21(27)25-20)22(28)23-16-7-3-2-4-8-16/h2-9,12H,10-11,13-14H2,1H3,(H,23,28)(H,24,25,27). The van der Waals surface area contributed by atoms with Crippen molar-refractivity contribution in [2.24, 2.45) is 0 Å². The van der Waals surface area contributed by atoms with Gasteiger partial charge in [-0.15, -0.1) is 0 Å². The largest absolute Gasteiger partial charge is 0.497 e. The molecule has 4 rings (SSSR count). The van der Waals surface area contributed by atoms with Gasteiger partial charge in [-0.25, -0.2) is 9.78 Å². The van der Waals surface area contributed by atoms with Crippen LogP contribution in [0.1, 0.15) is 22.6 Å². The Hall–Kier alpha value is -3.61. The lowest BCUT2D eigenvalue weighted by molar-refractivity contribution is 0.205. The molecule has 3 aromatic rings. The van der Waals surface area contributed by atoms with Gasteiger partial charge >= 0.3 is 6.03 Å². The zero-order valence-electron chi connectivity index (χ0n) is 16.1. The van der Waals surface area contributed by atoms with E-state index in [1.54, 1.807) is 12.0 Å². The number of nitrogens with one attached hydrogen (secondary N) is 2. The number of ether oxygens (including phenoxy) is 1. The summed E-state index contributed by atoms with van der Waals surface area (Å²) in [7, 11) is 1.62. The molecule has 0 atom stereocenters. The highest BCUT2D eigenvalue weighted by Gasteiger charge is 2.24. The molecule has 2 N–H and O–H groups in total. The van der Waals surface area contributed by atoms with Crippen molar-refractivity contribution in [1.82, 2.24) is 14.9 Å². The highest BCUT2D eigenvalue weighted by molar-refractivity contribution is 5.89. The van der Waals surface area contributed by atoms with Crippen LogP contribution < -0.4 is 15.6 Å². The topological polar surface area (TPSA) is 87.3 Å². The Morgan fingerprint density at radius 3 is 2.83 bits per heavy atom. The van der Waals surface area contributed by atoms with E-state index < -0.39 is 0 Å². The number of benzene rings is 2. The molecule has 0 unspecified atom stereocenters. The van der Waals surface area contributed by atoms with E-state index >= 15 is 0 Å². The molecule has 0 fully saturated rings. The number of aromatic nitrogens is 2. The first kappa shape index (κ1) is 18.7. The Labute approximate surface area is 168 Å². The molecular weight excluding hydrogens is 368 g/mol. The van der Waals surface area contributed by atoms with Crippen molar-refractivity contribution in [3.05, 3.63) is 87.6 Å². The van der Waals surface area contributed by atoms with Crippen molar-refractivity contribution in [2.75, 3.05) is 19.0 Å². The first-order valence-electron chi connectivity index (χ1n) is 9.47. The van der Waals surface area contributed by atoms with Gasteiger partial charge in [-0.1, -0.05) is 30.3 Å². The summed E-state index contributed by atoms with van der Waals surface area (Å²) in [4.78, 5) is 34.3. The van der Waals surface area contributed by atoms with Crippen LogP contribution >= 0.6 is 0 Å². The summed E-state index contributed by atoms with van der Waals surface area (Å²) in [5.74, 6) is 1.38. The molecule has 2 aromatic carbocycles. The number of aromatic amines is 1. The van der Waals surface area contributed by atoms with Crippen molar-refractivity contribution in [3.8, 4) is 5.75 Å². The molecule has 148 valence electrons. The molecule has 0 radical (unpaired) electrons. The maximum atomic E-state index is 12.6. The predicted octanol–water partition coefficient (Wildman–Crippen LogP) is 2.96. The molecule has 0 aliphatic carbocycles. The van der Waals surface area contributed by atoms with Crippen molar-refractivity contribution in [2.45, 2.75) is 19.4 Å². The number of rotatable bonds is 4. The monoisotopic (exact) mass is 390 g/mol. The zero-order valence-corrected chi connectivity index (χ0v) is 16.1. The van der Waals surface area contributed by atoms with Crippen LogP contribution in [0.2, 0.25) is 0 Å². The Balaban J connectivity index is 1.49. The summed E-state index contributed by atoms with van der Waals surface area (Å²) >= 11 is 0. The summed E-state index contributed by atoms with van der Waals surface area (Å²) < 4.78 is 5.25. The summed E-state index contributed by atoms with van der Waals surface area (Å²) in [5.41, 5.74) is 2.85. The number of para-hydroxylation sites is 1. The molecule has 2 amide bonds. The maximum absolute atomic E-state index is 12.6. The van der Waals surface area contributed by atoms with Crippen LogP contribution in [0.4, 0.5) is 10.5 Å². The van der Waals surface area contributed by atoms with Gasteiger partial charge in [-0.05, 0) is 29.8 Å². The van der Waals surface area contributed by atoms with Gasteiger partial charge in [0.05, 0.1) is 24.9 Å². The van der Waals surface area contributed by atoms with Crippen molar-refractivity contribution in [1.29, 1.82) is 0 Å². The van der Waals surface area contributed by atoms with Crippen molar-refractivity contribution >= 4 is 11.7 Å². The van der Waals surface area contributed by atoms with E-state index in [-0.39, 0.29) is 18.1 Å². The number of nitrogens with zero attached hydrogens (tertiary/aromatic N) is 2. The molecule has 1 aliphatic rings. The minimum atomic E-state index is -0.221. The van der Waals surface area contributed by atoms with E-state index in [1.807, 2.05) is 54.6 Å². The maximum Gasteiger partial charge on any atom is 0.322 e. The van der Waals surface area contributed by atoms with E-state index in [1.165, 1.54) is 0 Å². The van der Waals surface area contributed by atoms with Gasteiger partial charge in [0, 0.05) is 25.1 Å². The molecule has 29 heavy (non-hydrogen) atoms. The number of amides is 2. The number of H-pyrrole nitrogens is 1. The molecule has 0 saturated carbocycles. The molecule has 1 aromatic heterocycles. The number of fused-ring (bicyclic) bond motifs is 1. The fraction of sp³-hybridized carbons (Fsp3) is 0.227. The SMILES string of the molecule is COc1cccc(Cc2nc3c(c(=O)[nH]2)CN(C(=O)Nc2ccccc2)CC3)c1. The lowest BCUT2D eigenvalue weighted by Gasteiger charge is -2.28. The molecule has 7 heteroatoms. The normalized spacial score (nSPS) is 12.9. The number of methoxy groups -OCH3 is 1. The molecule has 1 aliphatic heterocycles. The lowest BCUT2D eigenvalue weighted by atomic mass is 10.1. The van der Waals surface area contributed by atoms with Gasteiger partial charge in [0.2, 0.25) is 0 Å². The minimum Gasteiger partial charge on any atom is -0.497 e. The third-order valence-electron chi connectivity index (χ3n) is 4.94. The van der Waals surface area contributed by atoms with Crippen LogP contribution in [-0.4, -0.2) is 34.6 Å². The van der Waals surface area contributed by atoms with E-state index in [4.69, 9.17) is 4.74 Å². The number of hydrogen-bond acceptors (Lipinski definition) is 4. The summed E-state index contributed by atoms with van der Waals surface area (Å²) in [5, 5.41) is 2.86. The average Bonchev–Trinajstić information content (AvgIpc) is 2.74. The van der Waals surface area contributed by atoms with Crippen molar-refractivity contribution < 1.29 is 9.53 Å². The number of anilines is 1.